The Morgan fingerprint density at radius 1 is 1.11 bits per heavy atom. The molecule has 3 heterocycles. The Labute approximate surface area is 209 Å². The monoisotopic (exact) mass is 489 g/mol. The van der Waals surface area contributed by atoms with Crippen molar-refractivity contribution in [3.63, 3.8) is 0 Å². The molecule has 9 nitrogen and oxygen atoms in total. The molecule has 1 aromatic carbocycles. The van der Waals surface area contributed by atoms with Crippen molar-refractivity contribution in [2.24, 2.45) is 0 Å². The van der Waals surface area contributed by atoms with E-state index in [1.54, 1.807) is 9.80 Å². The highest BCUT2D eigenvalue weighted by Gasteiger charge is 2.31. The van der Waals surface area contributed by atoms with Crippen LogP contribution in [0.15, 0.2) is 40.9 Å². The van der Waals surface area contributed by atoms with Gasteiger partial charge in [-0.1, -0.05) is 35.5 Å². The second-order valence-corrected chi connectivity index (χ2v) is 9.66. The number of hydrogen-bond donors (Lipinski definition) is 1. The van der Waals surface area contributed by atoms with Gasteiger partial charge in [-0.3, -0.25) is 14.4 Å². The van der Waals surface area contributed by atoms with Gasteiger partial charge in [-0.25, -0.2) is 4.98 Å². The van der Waals surface area contributed by atoms with Gasteiger partial charge in [0.05, 0.1) is 29.1 Å². The van der Waals surface area contributed by atoms with E-state index < -0.39 is 0 Å². The van der Waals surface area contributed by atoms with E-state index in [4.69, 9.17) is 4.52 Å². The zero-order chi connectivity index (χ0) is 25.2. The third-order valence-corrected chi connectivity index (χ3v) is 7.02. The van der Waals surface area contributed by atoms with Gasteiger partial charge >= 0.3 is 0 Å². The summed E-state index contributed by atoms with van der Waals surface area (Å²) in [5, 5.41) is 7.63. The predicted octanol–water partition coefficient (Wildman–Crippen LogP) is 3.35. The average molecular weight is 490 g/mol. The molecular formula is C27H31N5O4. The number of pyridine rings is 1. The second kappa shape index (κ2) is 10.1. The van der Waals surface area contributed by atoms with Gasteiger partial charge in [-0.15, -0.1) is 0 Å². The average Bonchev–Trinajstić information content (AvgIpc) is 3.66. The number of nitrogens with zero attached hydrogens (tertiary/aromatic N) is 4. The van der Waals surface area contributed by atoms with Crippen LogP contribution in [0.3, 0.4) is 0 Å². The van der Waals surface area contributed by atoms with E-state index in [1.165, 1.54) is 6.92 Å². The number of rotatable bonds is 3. The number of benzene rings is 1. The summed E-state index contributed by atoms with van der Waals surface area (Å²) in [6, 6.07) is 11.1. The van der Waals surface area contributed by atoms with E-state index >= 15 is 0 Å². The molecule has 1 atom stereocenters. The Kier molecular flexibility index (Phi) is 6.71. The van der Waals surface area contributed by atoms with E-state index in [2.05, 4.69) is 15.5 Å². The summed E-state index contributed by atoms with van der Waals surface area (Å²) in [4.78, 5) is 47.4. The molecule has 2 fully saturated rings. The minimum atomic E-state index is -0.355. The zero-order valence-electron chi connectivity index (χ0n) is 20.7. The van der Waals surface area contributed by atoms with Gasteiger partial charge in [-0.05, 0) is 37.8 Å². The molecule has 3 aromatic rings. The second-order valence-electron chi connectivity index (χ2n) is 9.66. The maximum atomic E-state index is 13.8. The standard InChI is InChI=1S/C27H31N5O4/c1-17-25-21(15-22(19-9-10-19)29-26(25)36-30-17)27(35)31-12-6-13-32(18(2)33)23(16-24(34)28-11-14-31)20-7-4-3-5-8-20/h3-5,7-8,15,19,23H,6,9-14,16H2,1-2H3,(H,28,34). The molecular weight excluding hydrogens is 458 g/mol. The number of nitrogens with one attached hydrogen (secondary N) is 1. The van der Waals surface area contributed by atoms with Gasteiger partial charge in [-0.2, -0.15) is 0 Å². The quantitative estimate of drug-likeness (QED) is 0.604. The highest BCUT2D eigenvalue weighted by molar-refractivity contribution is 6.06. The van der Waals surface area contributed by atoms with Crippen LogP contribution in [0.5, 0.6) is 0 Å². The minimum absolute atomic E-state index is 0.0983. The largest absolute Gasteiger partial charge is 0.354 e. The third kappa shape index (κ3) is 4.96. The molecule has 2 aromatic heterocycles. The Morgan fingerprint density at radius 2 is 1.89 bits per heavy atom. The first-order chi connectivity index (χ1) is 17.4. The van der Waals surface area contributed by atoms with Crippen LogP contribution in [0.1, 0.15) is 71.9 Å². The number of hydrogen-bond acceptors (Lipinski definition) is 6. The summed E-state index contributed by atoms with van der Waals surface area (Å²) < 4.78 is 5.42. The first kappa shape index (κ1) is 24.0. The highest BCUT2D eigenvalue weighted by atomic mass is 16.5. The molecule has 9 heteroatoms. The lowest BCUT2D eigenvalue weighted by molar-refractivity contribution is -0.132. The molecule has 1 saturated heterocycles. The summed E-state index contributed by atoms with van der Waals surface area (Å²) >= 11 is 0. The molecule has 0 radical (unpaired) electrons. The summed E-state index contributed by atoms with van der Waals surface area (Å²) in [6.07, 6.45) is 2.87. The lowest BCUT2D eigenvalue weighted by atomic mass is 10.0. The fourth-order valence-electron chi connectivity index (χ4n) is 4.98. The van der Waals surface area contributed by atoms with E-state index in [9.17, 15) is 14.4 Å². The van der Waals surface area contributed by atoms with Crippen LogP contribution in [0.2, 0.25) is 0 Å². The van der Waals surface area contributed by atoms with Gasteiger partial charge in [0, 0.05) is 44.7 Å². The highest BCUT2D eigenvalue weighted by Crippen LogP contribution is 2.40. The van der Waals surface area contributed by atoms with Crippen LogP contribution in [0, 0.1) is 6.92 Å². The molecule has 2 aliphatic rings. The molecule has 1 aliphatic carbocycles. The predicted molar refractivity (Wildman–Crippen MR) is 133 cm³/mol. The fraction of sp³-hybridized carbons (Fsp3) is 0.444. The van der Waals surface area contributed by atoms with Gasteiger partial charge in [0.1, 0.15) is 0 Å². The number of carbonyl (C=O) groups is 3. The maximum Gasteiger partial charge on any atom is 0.259 e. The van der Waals surface area contributed by atoms with Crippen molar-refractivity contribution >= 4 is 28.8 Å². The lowest BCUT2D eigenvalue weighted by Crippen LogP contribution is -2.39. The van der Waals surface area contributed by atoms with Crippen LogP contribution in [0.4, 0.5) is 0 Å². The number of aromatic nitrogens is 2. The molecule has 1 aliphatic heterocycles. The zero-order valence-corrected chi connectivity index (χ0v) is 20.7. The number of amides is 3. The van der Waals surface area contributed by atoms with Crippen LogP contribution >= 0.6 is 0 Å². The van der Waals surface area contributed by atoms with Gasteiger partial charge in [0.15, 0.2) is 0 Å². The van der Waals surface area contributed by atoms with Crippen molar-refractivity contribution in [1.82, 2.24) is 25.3 Å². The molecule has 3 amide bonds. The summed E-state index contributed by atoms with van der Waals surface area (Å²) in [5.41, 5.74) is 3.33. The van der Waals surface area contributed by atoms with Crippen LogP contribution in [-0.2, 0) is 9.59 Å². The number of aryl methyl sites for hydroxylation is 1. The van der Waals surface area contributed by atoms with Crippen LogP contribution < -0.4 is 5.32 Å². The Morgan fingerprint density at radius 3 is 2.61 bits per heavy atom. The third-order valence-electron chi connectivity index (χ3n) is 7.02. The molecule has 1 unspecified atom stereocenters. The SMILES string of the molecule is CC(=O)N1CCCN(C(=O)c2cc(C3CC3)nc3onc(C)c23)CCNC(=O)CC1c1ccccc1. The molecule has 1 N–H and O–H groups in total. The van der Waals surface area contributed by atoms with Gasteiger partial charge in [0.25, 0.3) is 11.6 Å². The number of carbonyl (C=O) groups excluding carboxylic acids is 3. The molecule has 0 bridgehead atoms. The molecule has 0 spiro atoms. The number of fused-ring (bicyclic) bond motifs is 1. The minimum Gasteiger partial charge on any atom is -0.354 e. The van der Waals surface area contributed by atoms with Gasteiger partial charge in [0.2, 0.25) is 11.8 Å². The Balaban J connectivity index is 1.42. The van der Waals surface area contributed by atoms with E-state index in [-0.39, 0.29) is 30.2 Å². The Hall–Kier alpha value is -3.75. The summed E-state index contributed by atoms with van der Waals surface area (Å²) in [6.45, 7) is 4.93. The van der Waals surface area contributed by atoms with Crippen molar-refractivity contribution in [2.45, 2.75) is 51.5 Å². The first-order valence-electron chi connectivity index (χ1n) is 12.6. The van der Waals surface area contributed by atoms with Gasteiger partial charge < -0.3 is 19.6 Å². The van der Waals surface area contributed by atoms with Crippen molar-refractivity contribution < 1.29 is 18.9 Å². The normalized spacial score (nSPS) is 19.6. The van der Waals surface area contributed by atoms with E-state index in [1.807, 2.05) is 43.3 Å². The molecule has 36 heavy (non-hydrogen) atoms. The molecule has 5 rings (SSSR count). The smallest absolute Gasteiger partial charge is 0.259 e. The molecule has 188 valence electrons. The topological polar surface area (TPSA) is 109 Å². The van der Waals surface area contributed by atoms with Crippen molar-refractivity contribution in [1.29, 1.82) is 0 Å². The van der Waals surface area contributed by atoms with Crippen LogP contribution in [-0.4, -0.2) is 63.8 Å². The Bertz CT molecular complexity index is 1280. The maximum absolute atomic E-state index is 13.8. The van der Waals surface area contributed by atoms with E-state index in [0.29, 0.717) is 60.9 Å². The van der Waals surface area contributed by atoms with Crippen LogP contribution in [0.25, 0.3) is 11.1 Å². The first-order valence-corrected chi connectivity index (χ1v) is 12.6. The van der Waals surface area contributed by atoms with Crippen molar-refractivity contribution in [3.8, 4) is 0 Å². The molecule has 1 saturated carbocycles. The van der Waals surface area contributed by atoms with E-state index in [0.717, 1.165) is 24.1 Å². The van der Waals surface area contributed by atoms with Crippen molar-refractivity contribution in [3.05, 3.63) is 58.9 Å². The summed E-state index contributed by atoms with van der Waals surface area (Å²) in [7, 11) is 0. The lowest BCUT2D eigenvalue weighted by Gasteiger charge is -2.31. The summed E-state index contributed by atoms with van der Waals surface area (Å²) in [5.74, 6) is -0.0364. The fourth-order valence-corrected chi connectivity index (χ4v) is 4.98. The van der Waals surface area contributed by atoms with Crippen molar-refractivity contribution in [2.75, 3.05) is 26.2 Å².